The molecule has 0 fully saturated rings. The molecule has 0 aliphatic carbocycles. The molecular weight excluding hydrogens is 296 g/mol. The van der Waals surface area contributed by atoms with E-state index in [0.29, 0.717) is 10.8 Å². The van der Waals surface area contributed by atoms with Crippen LogP contribution in [0.25, 0.3) is 0 Å². The van der Waals surface area contributed by atoms with Gasteiger partial charge in [0.25, 0.3) is 0 Å². The number of benzene rings is 1. The van der Waals surface area contributed by atoms with Crippen LogP contribution < -0.4 is 5.32 Å². The summed E-state index contributed by atoms with van der Waals surface area (Å²) in [6, 6.07) is 6.45. The maximum absolute atomic E-state index is 12.8. The zero-order valence-corrected chi connectivity index (χ0v) is 10.3. The highest BCUT2D eigenvalue weighted by Gasteiger charge is 2.03. The van der Waals surface area contributed by atoms with Crippen molar-refractivity contribution in [2.75, 3.05) is 5.32 Å². The molecule has 0 bridgehead atoms. The van der Waals surface area contributed by atoms with E-state index in [1.54, 1.807) is 18.2 Å². The van der Waals surface area contributed by atoms with Crippen molar-refractivity contribution in [2.24, 2.45) is 0 Å². The Morgan fingerprint density at radius 2 is 2.06 bits per heavy atom. The Labute approximate surface area is 105 Å². The first-order chi connectivity index (χ1) is 7.65. The van der Waals surface area contributed by atoms with Crippen LogP contribution in [0.1, 0.15) is 0 Å². The second-order valence-corrected chi connectivity index (χ2v) is 4.27. The average molecular weight is 303 g/mol. The van der Waals surface area contributed by atoms with Gasteiger partial charge in [0, 0.05) is 15.6 Å². The van der Waals surface area contributed by atoms with Crippen LogP contribution in [0.4, 0.5) is 15.9 Å². The molecule has 0 saturated carbocycles. The summed E-state index contributed by atoms with van der Waals surface area (Å²) >= 11 is 9.14. The second-order valence-electron chi connectivity index (χ2n) is 2.98. The summed E-state index contributed by atoms with van der Waals surface area (Å²) in [4.78, 5) is 7.25. The van der Waals surface area contributed by atoms with Crippen LogP contribution in [-0.2, 0) is 0 Å². The lowest BCUT2D eigenvalue weighted by molar-refractivity contribution is 0.580. The Bertz CT molecular complexity index is 521. The fraction of sp³-hybridized carbons (Fsp3) is 0. The van der Waals surface area contributed by atoms with Gasteiger partial charge in [0.1, 0.15) is 12.1 Å². The number of halogens is 3. The first-order valence-electron chi connectivity index (χ1n) is 4.35. The molecule has 6 heteroatoms. The minimum atomic E-state index is -0.581. The molecule has 0 atom stereocenters. The second kappa shape index (κ2) is 4.76. The molecule has 82 valence electrons. The van der Waals surface area contributed by atoms with Gasteiger partial charge in [0.15, 0.2) is 0 Å². The zero-order valence-electron chi connectivity index (χ0n) is 7.92. The number of nitrogens with zero attached hydrogens (tertiary/aromatic N) is 2. The summed E-state index contributed by atoms with van der Waals surface area (Å²) < 4.78 is 13.6. The SMILES string of the molecule is Fc1cc(Nc2ccc(Cl)cc2Br)ncn1. The molecule has 0 amide bonds. The molecule has 0 unspecified atom stereocenters. The number of aromatic nitrogens is 2. The van der Waals surface area contributed by atoms with Gasteiger partial charge in [-0.15, -0.1) is 0 Å². The summed E-state index contributed by atoms with van der Waals surface area (Å²) in [6.07, 6.45) is 1.15. The lowest BCUT2D eigenvalue weighted by atomic mass is 10.3. The van der Waals surface area contributed by atoms with E-state index >= 15 is 0 Å². The normalized spacial score (nSPS) is 10.2. The third-order valence-electron chi connectivity index (χ3n) is 1.83. The van der Waals surface area contributed by atoms with Crippen molar-refractivity contribution in [1.29, 1.82) is 0 Å². The molecule has 16 heavy (non-hydrogen) atoms. The lowest BCUT2D eigenvalue weighted by Crippen LogP contribution is -1.96. The molecular formula is C10H6BrClFN3. The maximum atomic E-state index is 12.8. The number of hydrogen-bond donors (Lipinski definition) is 1. The van der Waals surface area contributed by atoms with Gasteiger partial charge < -0.3 is 5.32 Å². The summed E-state index contributed by atoms with van der Waals surface area (Å²) in [5.41, 5.74) is 0.752. The molecule has 1 aromatic carbocycles. The molecule has 1 aromatic heterocycles. The van der Waals surface area contributed by atoms with Crippen molar-refractivity contribution in [3.05, 3.63) is 46.0 Å². The Hall–Kier alpha value is -1.20. The van der Waals surface area contributed by atoms with Crippen LogP contribution in [0.5, 0.6) is 0 Å². The van der Waals surface area contributed by atoms with E-state index in [1.807, 2.05) is 0 Å². The Morgan fingerprint density at radius 3 is 2.75 bits per heavy atom. The van der Waals surface area contributed by atoms with E-state index in [-0.39, 0.29) is 0 Å². The maximum Gasteiger partial charge on any atom is 0.218 e. The number of nitrogens with one attached hydrogen (secondary N) is 1. The Balaban J connectivity index is 2.27. The highest BCUT2D eigenvalue weighted by molar-refractivity contribution is 9.10. The predicted molar refractivity (Wildman–Crippen MR) is 64.4 cm³/mol. The lowest BCUT2D eigenvalue weighted by Gasteiger charge is -2.07. The van der Waals surface area contributed by atoms with E-state index in [1.165, 1.54) is 6.07 Å². The third-order valence-corrected chi connectivity index (χ3v) is 2.72. The monoisotopic (exact) mass is 301 g/mol. The zero-order chi connectivity index (χ0) is 11.5. The Kier molecular flexibility index (Phi) is 3.36. The number of hydrogen-bond acceptors (Lipinski definition) is 3. The van der Waals surface area contributed by atoms with Crippen molar-refractivity contribution in [2.45, 2.75) is 0 Å². The minimum Gasteiger partial charge on any atom is -0.339 e. The summed E-state index contributed by atoms with van der Waals surface area (Å²) in [7, 11) is 0. The average Bonchev–Trinajstić information content (AvgIpc) is 2.22. The van der Waals surface area contributed by atoms with Crippen LogP contribution >= 0.6 is 27.5 Å². The van der Waals surface area contributed by atoms with E-state index in [0.717, 1.165) is 16.5 Å². The highest BCUT2D eigenvalue weighted by atomic mass is 79.9. The fourth-order valence-corrected chi connectivity index (χ4v) is 1.91. The van der Waals surface area contributed by atoms with Crippen LogP contribution in [0.15, 0.2) is 35.1 Å². The van der Waals surface area contributed by atoms with Gasteiger partial charge >= 0.3 is 0 Å². The van der Waals surface area contributed by atoms with E-state index in [2.05, 4.69) is 31.2 Å². The molecule has 0 aliphatic rings. The molecule has 0 radical (unpaired) electrons. The standard InChI is InChI=1S/C10H6BrClFN3/c11-7-3-6(12)1-2-8(7)16-10-4-9(13)14-5-15-10/h1-5H,(H,14,15,16). The van der Waals surface area contributed by atoms with Crippen molar-refractivity contribution >= 4 is 39.0 Å². The van der Waals surface area contributed by atoms with Gasteiger partial charge in [-0.3, -0.25) is 0 Å². The van der Waals surface area contributed by atoms with Gasteiger partial charge in [0.2, 0.25) is 5.95 Å². The van der Waals surface area contributed by atoms with E-state index < -0.39 is 5.95 Å². The summed E-state index contributed by atoms with van der Waals surface area (Å²) in [5.74, 6) is -0.196. The van der Waals surface area contributed by atoms with Crippen LogP contribution in [-0.4, -0.2) is 9.97 Å². The van der Waals surface area contributed by atoms with Crippen LogP contribution in [0.3, 0.4) is 0 Å². The van der Waals surface area contributed by atoms with Crippen molar-refractivity contribution in [3.63, 3.8) is 0 Å². The van der Waals surface area contributed by atoms with Gasteiger partial charge in [-0.2, -0.15) is 4.39 Å². The molecule has 1 N–H and O–H groups in total. The first kappa shape index (κ1) is 11.3. The van der Waals surface area contributed by atoms with E-state index in [9.17, 15) is 4.39 Å². The predicted octanol–water partition coefficient (Wildman–Crippen LogP) is 3.78. The topological polar surface area (TPSA) is 37.8 Å². The first-order valence-corrected chi connectivity index (χ1v) is 5.52. The molecule has 0 saturated heterocycles. The molecule has 3 nitrogen and oxygen atoms in total. The van der Waals surface area contributed by atoms with Gasteiger partial charge in [-0.1, -0.05) is 11.6 Å². The molecule has 0 aliphatic heterocycles. The molecule has 2 rings (SSSR count). The number of anilines is 2. The largest absolute Gasteiger partial charge is 0.339 e. The molecule has 1 heterocycles. The fourth-order valence-electron chi connectivity index (χ4n) is 1.13. The Morgan fingerprint density at radius 1 is 1.25 bits per heavy atom. The summed E-state index contributed by atoms with van der Waals surface area (Å²) in [5, 5.41) is 3.56. The highest BCUT2D eigenvalue weighted by Crippen LogP contribution is 2.27. The van der Waals surface area contributed by atoms with Gasteiger partial charge in [0.05, 0.1) is 5.69 Å². The smallest absolute Gasteiger partial charge is 0.218 e. The quantitative estimate of drug-likeness (QED) is 0.858. The van der Waals surface area contributed by atoms with E-state index in [4.69, 9.17) is 11.6 Å². The summed E-state index contributed by atoms with van der Waals surface area (Å²) in [6.45, 7) is 0. The van der Waals surface area contributed by atoms with Crippen molar-refractivity contribution in [3.8, 4) is 0 Å². The third kappa shape index (κ3) is 2.68. The van der Waals surface area contributed by atoms with Gasteiger partial charge in [-0.05, 0) is 34.1 Å². The number of rotatable bonds is 2. The van der Waals surface area contributed by atoms with Gasteiger partial charge in [-0.25, -0.2) is 9.97 Å². The molecule has 2 aromatic rings. The molecule has 0 spiro atoms. The van der Waals surface area contributed by atoms with Crippen LogP contribution in [0.2, 0.25) is 5.02 Å². The van der Waals surface area contributed by atoms with Crippen molar-refractivity contribution in [1.82, 2.24) is 9.97 Å². The minimum absolute atomic E-state index is 0.385. The van der Waals surface area contributed by atoms with Crippen LogP contribution in [0, 0.1) is 5.95 Å². The van der Waals surface area contributed by atoms with Crippen molar-refractivity contribution < 1.29 is 4.39 Å².